The zero-order valence-electron chi connectivity index (χ0n) is 15.4. The second-order valence-corrected chi connectivity index (χ2v) is 7.76. The van der Waals surface area contributed by atoms with E-state index in [2.05, 4.69) is 60.5 Å². The minimum absolute atomic E-state index is 0.710. The third kappa shape index (κ3) is 3.32. The molecule has 3 unspecified atom stereocenters. The highest BCUT2D eigenvalue weighted by Crippen LogP contribution is 2.46. The summed E-state index contributed by atoms with van der Waals surface area (Å²) < 4.78 is 5.42. The Morgan fingerprint density at radius 1 is 1.12 bits per heavy atom. The van der Waals surface area contributed by atoms with Gasteiger partial charge in [0.15, 0.2) is 0 Å². The number of rotatable bonds is 5. The average molecular weight is 335 g/mol. The van der Waals surface area contributed by atoms with Gasteiger partial charge < -0.3 is 9.64 Å². The first-order valence-electron chi connectivity index (χ1n) is 9.67. The van der Waals surface area contributed by atoms with E-state index in [1.807, 2.05) is 0 Å². The Bertz CT molecular complexity index is 711. The van der Waals surface area contributed by atoms with Gasteiger partial charge >= 0.3 is 0 Å². The molecule has 2 aliphatic rings. The van der Waals surface area contributed by atoms with Crippen LogP contribution < -0.4 is 4.74 Å². The van der Waals surface area contributed by atoms with Crippen molar-refractivity contribution < 1.29 is 4.74 Å². The van der Waals surface area contributed by atoms with Crippen LogP contribution in [0.15, 0.2) is 48.5 Å². The van der Waals surface area contributed by atoms with E-state index in [0.29, 0.717) is 5.92 Å². The van der Waals surface area contributed by atoms with E-state index >= 15 is 0 Å². The first-order valence-corrected chi connectivity index (χ1v) is 9.67. The number of ether oxygens (including phenoxy) is 1. The van der Waals surface area contributed by atoms with Crippen molar-refractivity contribution in [2.24, 2.45) is 5.92 Å². The lowest BCUT2D eigenvalue weighted by Gasteiger charge is -2.31. The zero-order chi connectivity index (χ0) is 17.2. The second kappa shape index (κ2) is 7.21. The van der Waals surface area contributed by atoms with Gasteiger partial charge in [-0.2, -0.15) is 0 Å². The number of hydrogen-bond acceptors (Lipinski definition) is 2. The Hall–Kier alpha value is -1.80. The van der Waals surface area contributed by atoms with Crippen molar-refractivity contribution in [2.45, 2.75) is 44.1 Å². The molecule has 1 fully saturated rings. The van der Waals surface area contributed by atoms with Crippen LogP contribution in [0, 0.1) is 5.92 Å². The Morgan fingerprint density at radius 2 is 1.96 bits per heavy atom. The molecule has 1 aliphatic carbocycles. The monoisotopic (exact) mass is 335 g/mol. The highest BCUT2D eigenvalue weighted by atomic mass is 16.5. The number of benzene rings is 2. The standard InChI is InChI=1S/C23H29NO/c1-24-16-22-20-14-12-19(25-2)15-18(20)11-13-21(22)23(24)10-6-9-17-7-4-3-5-8-17/h3-5,7-8,12,14-15,21-23H,6,9-11,13,16H2,1-2H3. The van der Waals surface area contributed by atoms with Gasteiger partial charge in [0.1, 0.15) is 5.75 Å². The van der Waals surface area contributed by atoms with Crippen molar-refractivity contribution >= 4 is 0 Å². The van der Waals surface area contributed by atoms with Crippen LogP contribution >= 0.6 is 0 Å². The molecule has 2 heteroatoms. The van der Waals surface area contributed by atoms with Crippen LogP contribution in [0.1, 0.15) is 41.9 Å². The van der Waals surface area contributed by atoms with Crippen molar-refractivity contribution in [3.63, 3.8) is 0 Å². The molecule has 25 heavy (non-hydrogen) atoms. The van der Waals surface area contributed by atoms with Crippen molar-refractivity contribution in [2.75, 3.05) is 20.7 Å². The molecule has 0 amide bonds. The summed E-state index contributed by atoms with van der Waals surface area (Å²) in [5, 5.41) is 0. The van der Waals surface area contributed by atoms with E-state index in [-0.39, 0.29) is 0 Å². The predicted molar refractivity (Wildman–Crippen MR) is 103 cm³/mol. The summed E-state index contributed by atoms with van der Waals surface area (Å²) >= 11 is 0. The molecule has 0 radical (unpaired) electrons. The number of hydrogen-bond donors (Lipinski definition) is 0. The SMILES string of the molecule is COc1ccc2c(c1)CCC1C2CN(C)C1CCCc1ccccc1. The quantitative estimate of drug-likeness (QED) is 0.787. The van der Waals surface area contributed by atoms with Gasteiger partial charge in [0.25, 0.3) is 0 Å². The molecule has 1 saturated heterocycles. The molecule has 3 atom stereocenters. The summed E-state index contributed by atoms with van der Waals surface area (Å²) in [7, 11) is 4.09. The molecule has 1 heterocycles. The van der Waals surface area contributed by atoms with Gasteiger partial charge in [0.05, 0.1) is 7.11 Å². The van der Waals surface area contributed by atoms with Crippen LogP contribution in [-0.2, 0) is 12.8 Å². The van der Waals surface area contributed by atoms with Crippen molar-refractivity contribution in [1.82, 2.24) is 4.90 Å². The van der Waals surface area contributed by atoms with Crippen LogP contribution in [-0.4, -0.2) is 31.6 Å². The van der Waals surface area contributed by atoms with E-state index in [4.69, 9.17) is 4.74 Å². The normalized spacial score (nSPS) is 25.4. The first-order chi connectivity index (χ1) is 12.3. The topological polar surface area (TPSA) is 12.5 Å². The molecule has 0 spiro atoms. The second-order valence-electron chi connectivity index (χ2n) is 7.76. The molecule has 0 N–H and O–H groups in total. The lowest BCUT2D eigenvalue weighted by molar-refractivity contribution is 0.243. The van der Waals surface area contributed by atoms with E-state index in [0.717, 1.165) is 17.7 Å². The molecule has 4 rings (SSSR count). The Kier molecular flexibility index (Phi) is 4.80. The van der Waals surface area contributed by atoms with Crippen LogP contribution in [0.3, 0.4) is 0 Å². The van der Waals surface area contributed by atoms with Crippen LogP contribution in [0.2, 0.25) is 0 Å². The van der Waals surface area contributed by atoms with Crippen LogP contribution in [0.4, 0.5) is 0 Å². The van der Waals surface area contributed by atoms with E-state index < -0.39 is 0 Å². The van der Waals surface area contributed by atoms with Gasteiger partial charge in [-0.3, -0.25) is 0 Å². The van der Waals surface area contributed by atoms with E-state index in [1.165, 1.54) is 49.8 Å². The number of likely N-dealkylation sites (N-methyl/N-ethyl adjacent to an activating group) is 1. The molecule has 0 bridgehead atoms. The first kappa shape index (κ1) is 16.7. The summed E-state index contributed by atoms with van der Waals surface area (Å²) in [6, 6.07) is 18.4. The molecular formula is C23H29NO. The van der Waals surface area contributed by atoms with Gasteiger partial charge in [-0.15, -0.1) is 0 Å². The molecule has 2 nitrogen and oxygen atoms in total. The molecule has 132 valence electrons. The Balaban J connectivity index is 1.43. The zero-order valence-corrected chi connectivity index (χ0v) is 15.4. The van der Waals surface area contributed by atoms with Gasteiger partial charge in [0.2, 0.25) is 0 Å². The largest absolute Gasteiger partial charge is 0.497 e. The summed E-state index contributed by atoms with van der Waals surface area (Å²) in [4.78, 5) is 2.62. The number of aryl methyl sites for hydroxylation is 2. The fourth-order valence-corrected chi connectivity index (χ4v) is 5.10. The summed E-state index contributed by atoms with van der Waals surface area (Å²) in [6.07, 6.45) is 6.34. The van der Waals surface area contributed by atoms with Gasteiger partial charge in [-0.25, -0.2) is 0 Å². The summed E-state index contributed by atoms with van der Waals surface area (Å²) in [6.45, 7) is 1.21. The van der Waals surface area contributed by atoms with Crippen molar-refractivity contribution in [3.8, 4) is 5.75 Å². The molecule has 2 aromatic rings. The third-order valence-electron chi connectivity index (χ3n) is 6.37. The number of methoxy groups -OCH3 is 1. The van der Waals surface area contributed by atoms with Crippen LogP contribution in [0.5, 0.6) is 5.75 Å². The lowest BCUT2D eigenvalue weighted by atomic mass is 9.74. The Morgan fingerprint density at radius 3 is 2.76 bits per heavy atom. The van der Waals surface area contributed by atoms with Gasteiger partial charge in [-0.05, 0) is 73.9 Å². The average Bonchev–Trinajstić information content (AvgIpc) is 2.98. The van der Waals surface area contributed by atoms with Crippen LogP contribution in [0.25, 0.3) is 0 Å². The minimum Gasteiger partial charge on any atom is -0.497 e. The maximum absolute atomic E-state index is 5.42. The predicted octanol–water partition coefficient (Wildman–Crippen LogP) is 4.68. The number of likely N-dealkylation sites (tertiary alicyclic amines) is 1. The lowest BCUT2D eigenvalue weighted by Crippen LogP contribution is -2.30. The molecule has 1 aliphatic heterocycles. The molecule has 0 aromatic heterocycles. The van der Waals surface area contributed by atoms with Gasteiger partial charge in [0, 0.05) is 18.5 Å². The fraction of sp³-hybridized carbons (Fsp3) is 0.478. The number of fused-ring (bicyclic) bond motifs is 3. The molecule has 0 saturated carbocycles. The molecular weight excluding hydrogens is 306 g/mol. The Labute approximate surface area is 151 Å². The highest BCUT2D eigenvalue weighted by Gasteiger charge is 2.42. The van der Waals surface area contributed by atoms with E-state index in [9.17, 15) is 0 Å². The summed E-state index contributed by atoms with van der Waals surface area (Å²) in [5.74, 6) is 2.53. The maximum Gasteiger partial charge on any atom is 0.119 e. The van der Waals surface area contributed by atoms with Gasteiger partial charge in [-0.1, -0.05) is 36.4 Å². The third-order valence-corrected chi connectivity index (χ3v) is 6.37. The van der Waals surface area contributed by atoms with E-state index in [1.54, 1.807) is 12.7 Å². The van der Waals surface area contributed by atoms with Crippen molar-refractivity contribution in [3.05, 3.63) is 65.2 Å². The summed E-state index contributed by atoms with van der Waals surface area (Å²) in [5.41, 5.74) is 4.56. The number of nitrogens with zero attached hydrogens (tertiary/aromatic N) is 1. The highest BCUT2D eigenvalue weighted by molar-refractivity contribution is 5.41. The molecule has 2 aromatic carbocycles. The van der Waals surface area contributed by atoms with Crippen molar-refractivity contribution in [1.29, 1.82) is 0 Å². The minimum atomic E-state index is 0.710. The maximum atomic E-state index is 5.42. The fourth-order valence-electron chi connectivity index (χ4n) is 5.10. The smallest absolute Gasteiger partial charge is 0.119 e.